The van der Waals surface area contributed by atoms with Gasteiger partial charge in [0.15, 0.2) is 5.82 Å². The molecular weight excluding hydrogens is 208 g/mol. The van der Waals surface area contributed by atoms with Crippen molar-refractivity contribution in [3.05, 3.63) is 23.9 Å². The number of nitrogens with two attached hydrogens (primary N) is 1. The van der Waals surface area contributed by atoms with Crippen LogP contribution in [0.1, 0.15) is 18.1 Å². The summed E-state index contributed by atoms with van der Waals surface area (Å²) in [4.78, 5) is 15.7. The quantitative estimate of drug-likeness (QED) is 0.696. The molecule has 0 aromatic carbocycles. The van der Waals surface area contributed by atoms with Gasteiger partial charge in [0.1, 0.15) is 0 Å². The number of aromatic nitrogens is 2. The van der Waals surface area contributed by atoms with Crippen molar-refractivity contribution in [2.24, 2.45) is 11.7 Å². The van der Waals surface area contributed by atoms with E-state index in [1.807, 2.05) is 12.2 Å². The van der Waals surface area contributed by atoms with Crippen LogP contribution in [0.4, 0.5) is 0 Å². The summed E-state index contributed by atoms with van der Waals surface area (Å²) >= 11 is 0. The molecule has 0 saturated carbocycles. The highest BCUT2D eigenvalue weighted by Crippen LogP contribution is 2.16. The molecule has 16 heavy (non-hydrogen) atoms. The minimum Gasteiger partial charge on any atom is -0.347 e. The van der Waals surface area contributed by atoms with Crippen LogP contribution < -0.4 is 11.1 Å². The Balaban J connectivity index is 1.82. The number of carbonyl (C=O) groups is 1. The van der Waals surface area contributed by atoms with Gasteiger partial charge in [0.05, 0.1) is 12.5 Å². The maximum Gasteiger partial charge on any atom is 0.246 e. The molecule has 0 bridgehead atoms. The van der Waals surface area contributed by atoms with E-state index in [-0.39, 0.29) is 24.4 Å². The van der Waals surface area contributed by atoms with Crippen LogP contribution in [-0.4, -0.2) is 22.1 Å². The monoisotopic (exact) mass is 222 g/mol. The molecule has 86 valence electrons. The Kier molecular flexibility index (Phi) is 3.00. The molecular formula is C10H14N4O2. The maximum atomic E-state index is 11.7. The molecule has 0 saturated heterocycles. The molecule has 2 rings (SSSR count). The van der Waals surface area contributed by atoms with Crippen molar-refractivity contribution in [3.63, 3.8) is 0 Å². The predicted molar refractivity (Wildman–Crippen MR) is 56.1 cm³/mol. The lowest BCUT2D eigenvalue weighted by atomic mass is 10.1. The van der Waals surface area contributed by atoms with Gasteiger partial charge >= 0.3 is 0 Å². The van der Waals surface area contributed by atoms with E-state index in [0.29, 0.717) is 18.1 Å². The van der Waals surface area contributed by atoms with Crippen LogP contribution in [0, 0.1) is 12.8 Å². The predicted octanol–water partition coefficient (Wildman–Crippen LogP) is -0.102. The van der Waals surface area contributed by atoms with Crippen molar-refractivity contribution < 1.29 is 9.32 Å². The summed E-state index contributed by atoms with van der Waals surface area (Å²) in [7, 11) is 0. The minimum absolute atomic E-state index is 0.0126. The van der Waals surface area contributed by atoms with Crippen LogP contribution in [0.5, 0.6) is 0 Å². The average Bonchev–Trinajstić information content (AvgIpc) is 2.84. The molecule has 1 aromatic heterocycles. The molecule has 1 aliphatic rings. The number of hydrogen-bond donors (Lipinski definition) is 2. The van der Waals surface area contributed by atoms with E-state index >= 15 is 0 Å². The van der Waals surface area contributed by atoms with Gasteiger partial charge in [0.2, 0.25) is 11.8 Å². The SMILES string of the molecule is Cc1noc(CNC(=O)C2C=CC(N)C2)n1. The van der Waals surface area contributed by atoms with Crippen molar-refractivity contribution in [2.75, 3.05) is 0 Å². The smallest absolute Gasteiger partial charge is 0.246 e. The largest absolute Gasteiger partial charge is 0.347 e. The Hall–Kier alpha value is -1.69. The number of nitrogens with zero attached hydrogens (tertiary/aromatic N) is 2. The van der Waals surface area contributed by atoms with Crippen LogP contribution in [0.25, 0.3) is 0 Å². The first-order chi connectivity index (χ1) is 7.65. The summed E-state index contributed by atoms with van der Waals surface area (Å²) in [6, 6.07) is -0.0126. The fourth-order valence-electron chi connectivity index (χ4n) is 1.63. The fraction of sp³-hybridized carbons (Fsp3) is 0.500. The molecule has 0 aliphatic heterocycles. The summed E-state index contributed by atoms with van der Waals surface area (Å²) in [5, 5.41) is 6.37. The van der Waals surface area contributed by atoms with Gasteiger partial charge in [0.25, 0.3) is 0 Å². The number of carbonyl (C=O) groups excluding carboxylic acids is 1. The number of hydrogen-bond acceptors (Lipinski definition) is 5. The molecule has 6 heteroatoms. The van der Waals surface area contributed by atoms with E-state index in [4.69, 9.17) is 10.3 Å². The van der Waals surface area contributed by atoms with Crippen LogP contribution >= 0.6 is 0 Å². The lowest BCUT2D eigenvalue weighted by Crippen LogP contribution is -2.30. The zero-order chi connectivity index (χ0) is 11.5. The van der Waals surface area contributed by atoms with E-state index in [2.05, 4.69) is 15.5 Å². The summed E-state index contributed by atoms with van der Waals surface area (Å²) in [6.45, 7) is 1.99. The summed E-state index contributed by atoms with van der Waals surface area (Å²) < 4.78 is 4.88. The third-order valence-corrected chi connectivity index (χ3v) is 2.44. The van der Waals surface area contributed by atoms with Crippen molar-refractivity contribution in [1.29, 1.82) is 0 Å². The lowest BCUT2D eigenvalue weighted by Gasteiger charge is -2.08. The highest BCUT2D eigenvalue weighted by Gasteiger charge is 2.22. The molecule has 2 unspecified atom stereocenters. The molecule has 1 amide bonds. The van der Waals surface area contributed by atoms with E-state index in [1.54, 1.807) is 6.92 Å². The van der Waals surface area contributed by atoms with Crippen molar-refractivity contribution in [2.45, 2.75) is 25.9 Å². The molecule has 0 spiro atoms. The zero-order valence-electron chi connectivity index (χ0n) is 9.01. The molecule has 6 nitrogen and oxygen atoms in total. The Morgan fingerprint density at radius 1 is 1.69 bits per heavy atom. The van der Waals surface area contributed by atoms with Crippen molar-refractivity contribution >= 4 is 5.91 Å². The van der Waals surface area contributed by atoms with E-state index in [0.717, 1.165) is 0 Å². The van der Waals surface area contributed by atoms with Crippen LogP contribution in [0.3, 0.4) is 0 Å². The molecule has 1 aliphatic carbocycles. The van der Waals surface area contributed by atoms with Gasteiger partial charge in [-0.1, -0.05) is 17.3 Å². The fourth-order valence-corrected chi connectivity index (χ4v) is 1.63. The van der Waals surface area contributed by atoms with Crippen LogP contribution in [0.2, 0.25) is 0 Å². The number of nitrogens with one attached hydrogen (secondary N) is 1. The van der Waals surface area contributed by atoms with Gasteiger partial charge in [-0.2, -0.15) is 4.98 Å². The Bertz CT molecular complexity index is 413. The number of rotatable bonds is 3. The molecule has 0 radical (unpaired) electrons. The summed E-state index contributed by atoms with van der Waals surface area (Å²) in [5.41, 5.74) is 5.67. The highest BCUT2D eigenvalue weighted by atomic mass is 16.5. The van der Waals surface area contributed by atoms with Gasteiger partial charge in [-0.05, 0) is 13.3 Å². The molecule has 2 atom stereocenters. The van der Waals surface area contributed by atoms with Crippen molar-refractivity contribution in [1.82, 2.24) is 15.5 Å². The lowest BCUT2D eigenvalue weighted by molar-refractivity contribution is -0.123. The Morgan fingerprint density at radius 2 is 2.50 bits per heavy atom. The van der Waals surface area contributed by atoms with Gasteiger partial charge in [-0.3, -0.25) is 4.79 Å². The second-order valence-corrected chi connectivity index (χ2v) is 3.84. The molecule has 1 aromatic rings. The topological polar surface area (TPSA) is 94.0 Å². The normalized spacial score (nSPS) is 23.6. The average molecular weight is 222 g/mol. The van der Waals surface area contributed by atoms with Gasteiger partial charge in [0, 0.05) is 6.04 Å². The third kappa shape index (κ3) is 2.46. The highest BCUT2D eigenvalue weighted by molar-refractivity contribution is 5.80. The second-order valence-electron chi connectivity index (χ2n) is 3.84. The van der Waals surface area contributed by atoms with E-state index in [9.17, 15) is 4.79 Å². The first-order valence-electron chi connectivity index (χ1n) is 5.16. The van der Waals surface area contributed by atoms with Gasteiger partial charge in [-0.15, -0.1) is 0 Å². The van der Waals surface area contributed by atoms with Gasteiger partial charge in [-0.25, -0.2) is 0 Å². The Morgan fingerprint density at radius 3 is 3.06 bits per heavy atom. The summed E-state index contributed by atoms with van der Waals surface area (Å²) in [6.07, 6.45) is 4.34. The minimum atomic E-state index is -0.140. The standard InChI is InChI=1S/C10H14N4O2/c1-6-13-9(16-14-6)5-12-10(15)7-2-3-8(11)4-7/h2-3,7-8H,4-5,11H2,1H3,(H,12,15). The van der Waals surface area contributed by atoms with E-state index < -0.39 is 0 Å². The maximum absolute atomic E-state index is 11.7. The second kappa shape index (κ2) is 4.44. The third-order valence-electron chi connectivity index (χ3n) is 2.44. The molecule has 3 N–H and O–H groups in total. The van der Waals surface area contributed by atoms with E-state index in [1.165, 1.54) is 0 Å². The Labute approximate surface area is 92.9 Å². The van der Waals surface area contributed by atoms with Crippen LogP contribution in [-0.2, 0) is 11.3 Å². The molecule has 0 fully saturated rings. The first-order valence-corrected chi connectivity index (χ1v) is 5.16. The molecule has 1 heterocycles. The zero-order valence-corrected chi connectivity index (χ0v) is 9.01. The van der Waals surface area contributed by atoms with Crippen LogP contribution in [0.15, 0.2) is 16.7 Å². The number of amides is 1. The van der Waals surface area contributed by atoms with Crippen molar-refractivity contribution in [3.8, 4) is 0 Å². The van der Waals surface area contributed by atoms with Gasteiger partial charge < -0.3 is 15.6 Å². The summed E-state index contributed by atoms with van der Waals surface area (Å²) in [5.74, 6) is 0.781. The number of aryl methyl sites for hydroxylation is 1. The first kappa shape index (κ1) is 10.8.